The van der Waals surface area contributed by atoms with Gasteiger partial charge in [-0.25, -0.2) is 4.98 Å². The molecule has 0 aliphatic heterocycles. The Bertz CT molecular complexity index is 983. The molecule has 1 aliphatic rings. The van der Waals surface area contributed by atoms with Gasteiger partial charge in [-0.05, 0) is 55.2 Å². The van der Waals surface area contributed by atoms with Gasteiger partial charge in [0.15, 0.2) is 0 Å². The van der Waals surface area contributed by atoms with Crippen molar-refractivity contribution < 1.29 is 9.53 Å². The minimum atomic E-state index is -0.582. The van der Waals surface area contributed by atoms with Gasteiger partial charge in [0.2, 0.25) is 0 Å². The van der Waals surface area contributed by atoms with E-state index in [1.54, 1.807) is 6.07 Å². The first-order valence-electron chi connectivity index (χ1n) is 9.76. The van der Waals surface area contributed by atoms with Crippen molar-refractivity contribution in [1.82, 2.24) is 9.97 Å². The van der Waals surface area contributed by atoms with Gasteiger partial charge >= 0.3 is 0 Å². The molecule has 1 aliphatic carbocycles. The molecule has 0 spiro atoms. The summed E-state index contributed by atoms with van der Waals surface area (Å²) in [5, 5.41) is 4.48. The second-order valence-corrected chi connectivity index (χ2v) is 7.28. The topological polar surface area (TPSA) is 90.1 Å². The Hall–Kier alpha value is -3.15. The van der Waals surface area contributed by atoms with Crippen LogP contribution in [0.1, 0.15) is 42.6 Å². The van der Waals surface area contributed by atoms with Gasteiger partial charge in [0, 0.05) is 24.2 Å². The van der Waals surface area contributed by atoms with Crippen LogP contribution in [0, 0.1) is 5.92 Å². The molecule has 4 rings (SSSR count). The molecule has 0 saturated heterocycles. The minimum absolute atomic E-state index is 0.175. The van der Waals surface area contributed by atoms with E-state index in [1.165, 1.54) is 44.4 Å². The summed E-state index contributed by atoms with van der Waals surface area (Å²) >= 11 is 0. The summed E-state index contributed by atoms with van der Waals surface area (Å²) in [5.41, 5.74) is 6.35. The van der Waals surface area contributed by atoms with E-state index < -0.39 is 5.91 Å². The number of primary amides is 1. The number of carbonyl (C=O) groups is 1. The summed E-state index contributed by atoms with van der Waals surface area (Å²) in [6.45, 7) is 0.990. The SMILES string of the molecule is NC(=O)c1cc(Oc2ccc3nc(NCC4CCCCC4)ccc3c2)ccn1. The van der Waals surface area contributed by atoms with Crippen LogP contribution in [0.15, 0.2) is 48.7 Å². The maximum atomic E-state index is 11.3. The molecule has 0 atom stereocenters. The third-order valence-corrected chi connectivity index (χ3v) is 5.18. The molecule has 1 saturated carbocycles. The molecular weight excluding hydrogens is 352 g/mol. The van der Waals surface area contributed by atoms with Crippen molar-refractivity contribution in [1.29, 1.82) is 0 Å². The zero-order valence-electron chi connectivity index (χ0n) is 15.7. The highest BCUT2D eigenvalue weighted by Gasteiger charge is 2.13. The quantitative estimate of drug-likeness (QED) is 0.660. The lowest BCUT2D eigenvalue weighted by Gasteiger charge is -2.22. The summed E-state index contributed by atoms with van der Waals surface area (Å²) in [6.07, 6.45) is 8.19. The van der Waals surface area contributed by atoms with E-state index in [2.05, 4.69) is 10.3 Å². The van der Waals surface area contributed by atoms with E-state index in [9.17, 15) is 4.79 Å². The van der Waals surface area contributed by atoms with Gasteiger partial charge in [0.05, 0.1) is 5.52 Å². The molecule has 0 radical (unpaired) electrons. The molecule has 6 heteroatoms. The van der Waals surface area contributed by atoms with Crippen molar-refractivity contribution >= 4 is 22.6 Å². The van der Waals surface area contributed by atoms with Gasteiger partial charge in [-0.2, -0.15) is 0 Å². The Morgan fingerprint density at radius 1 is 1.07 bits per heavy atom. The fraction of sp³-hybridized carbons (Fsp3) is 0.318. The number of benzene rings is 1. The highest BCUT2D eigenvalue weighted by Crippen LogP contribution is 2.27. The molecule has 1 aromatic carbocycles. The van der Waals surface area contributed by atoms with E-state index in [4.69, 9.17) is 15.5 Å². The summed E-state index contributed by atoms with van der Waals surface area (Å²) in [7, 11) is 0. The zero-order valence-corrected chi connectivity index (χ0v) is 15.7. The normalized spacial score (nSPS) is 14.7. The number of hydrogen-bond donors (Lipinski definition) is 2. The lowest BCUT2D eigenvalue weighted by atomic mass is 9.89. The van der Waals surface area contributed by atoms with E-state index in [1.807, 2.05) is 30.3 Å². The molecule has 0 bridgehead atoms. The number of amides is 1. The fourth-order valence-electron chi connectivity index (χ4n) is 3.65. The number of anilines is 1. The zero-order chi connectivity index (χ0) is 19.3. The van der Waals surface area contributed by atoms with Gasteiger partial charge in [0.1, 0.15) is 23.0 Å². The lowest BCUT2D eigenvalue weighted by molar-refractivity contribution is 0.0995. The van der Waals surface area contributed by atoms with Crippen LogP contribution in [0.3, 0.4) is 0 Å². The number of nitrogens with one attached hydrogen (secondary N) is 1. The fourth-order valence-corrected chi connectivity index (χ4v) is 3.65. The highest BCUT2D eigenvalue weighted by atomic mass is 16.5. The number of aromatic nitrogens is 2. The highest BCUT2D eigenvalue weighted by molar-refractivity contribution is 5.91. The van der Waals surface area contributed by atoms with E-state index >= 15 is 0 Å². The van der Waals surface area contributed by atoms with Crippen LogP contribution < -0.4 is 15.8 Å². The van der Waals surface area contributed by atoms with Crippen LogP contribution in [0.25, 0.3) is 10.9 Å². The number of ether oxygens (including phenoxy) is 1. The minimum Gasteiger partial charge on any atom is -0.457 e. The smallest absolute Gasteiger partial charge is 0.267 e. The molecule has 2 heterocycles. The van der Waals surface area contributed by atoms with Gasteiger partial charge in [-0.15, -0.1) is 0 Å². The molecule has 2 aromatic heterocycles. The third-order valence-electron chi connectivity index (χ3n) is 5.18. The first kappa shape index (κ1) is 18.2. The Kier molecular flexibility index (Phi) is 5.37. The number of nitrogens with zero attached hydrogens (tertiary/aromatic N) is 2. The molecule has 1 amide bonds. The molecule has 144 valence electrons. The number of carbonyl (C=O) groups excluding carboxylic acids is 1. The Labute approximate surface area is 164 Å². The average molecular weight is 376 g/mol. The molecule has 0 unspecified atom stereocenters. The van der Waals surface area contributed by atoms with Crippen molar-refractivity contribution in [3.05, 3.63) is 54.4 Å². The van der Waals surface area contributed by atoms with Crippen LogP contribution in [-0.2, 0) is 0 Å². The monoisotopic (exact) mass is 376 g/mol. The number of fused-ring (bicyclic) bond motifs is 1. The van der Waals surface area contributed by atoms with Crippen molar-refractivity contribution in [2.75, 3.05) is 11.9 Å². The maximum Gasteiger partial charge on any atom is 0.267 e. The standard InChI is InChI=1S/C22H24N4O2/c23-22(27)20-13-18(10-11-24-20)28-17-7-8-19-16(12-17)6-9-21(26-19)25-14-15-4-2-1-3-5-15/h6-13,15H,1-5,14H2,(H2,23,27)(H,25,26). The molecule has 1 fully saturated rings. The summed E-state index contributed by atoms with van der Waals surface area (Å²) in [5.74, 6) is 2.27. The molecule has 3 N–H and O–H groups in total. The average Bonchev–Trinajstić information content (AvgIpc) is 2.73. The number of hydrogen-bond acceptors (Lipinski definition) is 5. The third kappa shape index (κ3) is 4.39. The number of pyridine rings is 2. The van der Waals surface area contributed by atoms with Gasteiger partial charge in [0.25, 0.3) is 5.91 Å². The largest absolute Gasteiger partial charge is 0.457 e. The predicted octanol–water partition coefficient (Wildman–Crippen LogP) is 4.51. The van der Waals surface area contributed by atoms with Gasteiger partial charge in [-0.1, -0.05) is 19.3 Å². The van der Waals surface area contributed by atoms with Crippen LogP contribution in [0.5, 0.6) is 11.5 Å². The summed E-state index contributed by atoms with van der Waals surface area (Å²) < 4.78 is 5.84. The molecular formula is C22H24N4O2. The predicted molar refractivity (Wildman–Crippen MR) is 110 cm³/mol. The lowest BCUT2D eigenvalue weighted by Crippen LogP contribution is -2.17. The van der Waals surface area contributed by atoms with E-state index in [0.717, 1.165) is 29.2 Å². The van der Waals surface area contributed by atoms with Crippen molar-refractivity contribution in [3.63, 3.8) is 0 Å². The van der Waals surface area contributed by atoms with Crippen molar-refractivity contribution in [2.24, 2.45) is 11.7 Å². The van der Waals surface area contributed by atoms with Gasteiger partial charge < -0.3 is 15.8 Å². The second-order valence-electron chi connectivity index (χ2n) is 7.28. The Morgan fingerprint density at radius 2 is 1.89 bits per heavy atom. The van der Waals surface area contributed by atoms with Crippen molar-refractivity contribution in [2.45, 2.75) is 32.1 Å². The molecule has 28 heavy (non-hydrogen) atoms. The first-order valence-corrected chi connectivity index (χ1v) is 9.76. The number of nitrogens with two attached hydrogens (primary N) is 1. The Balaban J connectivity index is 1.45. The number of rotatable bonds is 6. The van der Waals surface area contributed by atoms with Crippen molar-refractivity contribution in [3.8, 4) is 11.5 Å². The van der Waals surface area contributed by atoms with E-state index in [0.29, 0.717) is 11.5 Å². The van der Waals surface area contributed by atoms with Crippen LogP contribution in [-0.4, -0.2) is 22.4 Å². The Morgan fingerprint density at radius 3 is 2.71 bits per heavy atom. The second kappa shape index (κ2) is 8.25. The van der Waals surface area contributed by atoms with Crippen LogP contribution in [0.4, 0.5) is 5.82 Å². The summed E-state index contributed by atoms with van der Waals surface area (Å²) in [4.78, 5) is 19.9. The molecule has 3 aromatic rings. The van der Waals surface area contributed by atoms with E-state index in [-0.39, 0.29) is 5.69 Å². The first-order chi connectivity index (χ1) is 13.7. The van der Waals surface area contributed by atoms with Crippen LogP contribution in [0.2, 0.25) is 0 Å². The maximum absolute atomic E-state index is 11.3. The van der Waals surface area contributed by atoms with Crippen LogP contribution >= 0.6 is 0 Å². The molecule has 6 nitrogen and oxygen atoms in total. The van der Waals surface area contributed by atoms with Gasteiger partial charge in [-0.3, -0.25) is 9.78 Å². The summed E-state index contributed by atoms with van der Waals surface area (Å²) in [6, 6.07) is 13.0.